The minimum Gasteiger partial charge on any atom is -0.480 e. The molecule has 1 aromatic rings. The highest BCUT2D eigenvalue weighted by Gasteiger charge is 2.46. The molecule has 4 aliphatic heterocycles. The number of rotatable bonds is 24. The molecule has 374 valence electrons. The van der Waals surface area contributed by atoms with Crippen molar-refractivity contribution in [2.45, 2.75) is 141 Å². The first-order chi connectivity index (χ1) is 31.8. The number of H-pyrrole nitrogens is 1. The molecule has 0 bridgehead atoms. The minimum absolute atomic E-state index is 0.0176. The summed E-state index contributed by atoms with van der Waals surface area (Å²) in [5.41, 5.74) is 6.61. The van der Waals surface area contributed by atoms with E-state index in [9.17, 15) is 33.9 Å². The Bertz CT molecular complexity index is 1690. The first-order valence-electron chi connectivity index (χ1n) is 24.4. The van der Waals surface area contributed by atoms with Crippen molar-refractivity contribution in [1.29, 1.82) is 0 Å². The number of hydrogen-bond acceptors (Lipinski definition) is 13. The molecule has 0 aromatic carbocycles. The number of amides is 4. The molecule has 4 amide bonds. The normalized spacial score (nSPS) is 26.4. The van der Waals surface area contributed by atoms with Crippen LogP contribution in [0.3, 0.4) is 0 Å². The number of aliphatic carboxylic acids is 1. The van der Waals surface area contributed by atoms with Crippen LogP contribution in [-0.2, 0) is 39.9 Å². The van der Waals surface area contributed by atoms with Crippen molar-refractivity contribution in [2.24, 2.45) is 29.4 Å². The zero-order valence-electron chi connectivity index (χ0n) is 40.7. The number of methoxy groups -OCH3 is 1. The summed E-state index contributed by atoms with van der Waals surface area (Å²) in [6, 6.07) is -1.98. The highest BCUT2D eigenvalue weighted by atomic mass is 32.2. The maximum absolute atomic E-state index is 13.4. The number of nitrogens with two attached hydrogens (primary N) is 1. The van der Waals surface area contributed by atoms with Gasteiger partial charge in [0.05, 0.1) is 32.1 Å². The van der Waals surface area contributed by atoms with Gasteiger partial charge in [-0.15, -0.1) is 0 Å². The van der Waals surface area contributed by atoms with Gasteiger partial charge in [-0.3, -0.25) is 29.0 Å². The monoisotopic (exact) mass is 964 g/mol. The highest BCUT2D eigenvalue weighted by Crippen LogP contribution is 2.35. The van der Waals surface area contributed by atoms with Crippen molar-refractivity contribution in [2.75, 3.05) is 76.9 Å². The number of aryl methyl sites for hydroxylation is 1. The largest absolute Gasteiger partial charge is 0.480 e. The lowest BCUT2D eigenvalue weighted by Gasteiger charge is -2.35. The van der Waals surface area contributed by atoms with E-state index in [1.165, 1.54) is 7.11 Å². The molecular formula is C47H81N9O8S2. The summed E-state index contributed by atoms with van der Waals surface area (Å²) in [4.78, 5) is 91.7. The molecule has 0 unspecified atom stereocenters. The molecule has 4 saturated heterocycles. The Morgan fingerprint density at radius 3 is 1.65 bits per heavy atom. The Balaban J connectivity index is 0.000000291. The molecule has 17 nitrogen and oxygen atoms in total. The van der Waals surface area contributed by atoms with E-state index in [2.05, 4.69) is 58.1 Å². The third-order valence-electron chi connectivity index (χ3n) is 14.7. The van der Waals surface area contributed by atoms with Crippen molar-refractivity contribution < 1.29 is 38.6 Å². The van der Waals surface area contributed by atoms with Crippen LogP contribution < -0.4 is 16.4 Å². The van der Waals surface area contributed by atoms with Gasteiger partial charge in [0.25, 0.3) is 0 Å². The molecule has 0 radical (unpaired) electrons. The van der Waals surface area contributed by atoms with Crippen LogP contribution >= 0.6 is 23.5 Å². The van der Waals surface area contributed by atoms with Crippen LogP contribution in [0.15, 0.2) is 12.5 Å². The fourth-order valence-electron chi connectivity index (χ4n) is 10.8. The van der Waals surface area contributed by atoms with Crippen LogP contribution in [0.4, 0.5) is 0 Å². The van der Waals surface area contributed by atoms with E-state index in [0.717, 1.165) is 89.0 Å². The van der Waals surface area contributed by atoms with E-state index in [1.807, 2.05) is 22.3 Å². The SMILES string of the molecule is CC[C@H]1CCN(C[C@@H]2[C@@H](CC)CCN2C(=O)CCc2cnc[nH]2)[C@@H]1C(=O)N[C@@H](CCSC)C(=O)O.CC[C@H]1CCN(C[C@@H]2[C@@H](CC)CCN2C(=O)CN)[C@@H]1C(=O)N[C@@H](CCSC)C(=O)OC. The van der Waals surface area contributed by atoms with Gasteiger partial charge in [-0.05, 0) is 106 Å². The van der Waals surface area contributed by atoms with Crippen LogP contribution in [0.1, 0.15) is 104 Å². The molecule has 66 heavy (non-hydrogen) atoms. The molecule has 5 rings (SSSR count). The molecule has 5 heterocycles. The Morgan fingerprint density at radius 2 is 1.23 bits per heavy atom. The number of nitrogens with one attached hydrogen (secondary N) is 3. The standard InChI is InChI=1S/C25H41N5O4S.C22H40N4O4S/c1-4-17-9-12-30(22(31)7-6-19-14-26-16-27-19)21(17)15-29-11-8-18(5-2)23(29)24(32)28-20(25(33)34)10-13-35-3;1-5-15-8-11-26(19(27)13-23)18(15)14-25-10-7-16(6-2)20(25)21(28)24-17(9-12-31-4)22(29)30-3/h14,16-18,20-21,23H,4-13,15H2,1-3H3,(H,26,27)(H,28,32)(H,33,34);15-18,20H,5-14,23H2,1-4H3,(H,24,28)/t17-,18-,20-,21+,23-;15-,16-,17-,18+,20-/m00/s1. The van der Waals surface area contributed by atoms with Gasteiger partial charge in [-0.2, -0.15) is 23.5 Å². The molecular weight excluding hydrogens is 883 g/mol. The van der Waals surface area contributed by atoms with Gasteiger partial charge in [0.1, 0.15) is 12.1 Å². The summed E-state index contributed by atoms with van der Waals surface area (Å²) in [6.45, 7) is 13.0. The average molecular weight is 964 g/mol. The van der Waals surface area contributed by atoms with Crippen LogP contribution in [0, 0.1) is 23.7 Å². The van der Waals surface area contributed by atoms with Gasteiger partial charge in [0, 0.05) is 56.6 Å². The number of carboxylic acid groups (broad SMARTS) is 1. The van der Waals surface area contributed by atoms with Gasteiger partial charge < -0.3 is 41.0 Å². The first-order valence-corrected chi connectivity index (χ1v) is 27.2. The second kappa shape index (κ2) is 28.2. The van der Waals surface area contributed by atoms with Crippen LogP contribution in [0.25, 0.3) is 0 Å². The fraction of sp³-hybridized carbons (Fsp3) is 0.809. The summed E-state index contributed by atoms with van der Waals surface area (Å²) in [6.07, 6.45) is 16.9. The predicted octanol–water partition coefficient (Wildman–Crippen LogP) is 3.48. The van der Waals surface area contributed by atoms with E-state index in [1.54, 1.807) is 36.0 Å². The van der Waals surface area contributed by atoms with Crippen molar-refractivity contribution in [3.63, 3.8) is 0 Å². The smallest absolute Gasteiger partial charge is 0.328 e. The Labute approximate surface area is 402 Å². The molecule has 19 heteroatoms. The fourth-order valence-corrected chi connectivity index (χ4v) is 11.8. The summed E-state index contributed by atoms with van der Waals surface area (Å²) < 4.78 is 4.91. The Hall–Kier alpha value is -3.39. The van der Waals surface area contributed by atoms with Crippen LogP contribution in [-0.4, -0.2) is 183 Å². The third-order valence-corrected chi connectivity index (χ3v) is 16.0. The number of imidazole rings is 1. The third kappa shape index (κ3) is 14.8. The molecule has 4 aliphatic rings. The zero-order valence-corrected chi connectivity index (χ0v) is 42.3. The maximum atomic E-state index is 13.4. The summed E-state index contributed by atoms with van der Waals surface area (Å²) in [5, 5.41) is 15.4. The summed E-state index contributed by atoms with van der Waals surface area (Å²) in [7, 11) is 1.35. The van der Waals surface area contributed by atoms with Crippen LogP contribution in [0.5, 0.6) is 0 Å². The van der Waals surface area contributed by atoms with Gasteiger partial charge in [-0.25, -0.2) is 14.6 Å². The number of esters is 1. The molecule has 6 N–H and O–H groups in total. The number of carboxylic acids is 1. The number of aromatic amines is 1. The van der Waals surface area contributed by atoms with E-state index in [0.29, 0.717) is 56.4 Å². The molecule has 4 fully saturated rings. The number of nitrogens with zero attached hydrogens (tertiary/aromatic N) is 5. The lowest BCUT2D eigenvalue weighted by molar-refractivity contribution is -0.146. The maximum Gasteiger partial charge on any atom is 0.328 e. The zero-order chi connectivity index (χ0) is 48.3. The number of thioether (sulfide) groups is 2. The van der Waals surface area contributed by atoms with Gasteiger partial charge >= 0.3 is 11.9 Å². The van der Waals surface area contributed by atoms with E-state index >= 15 is 0 Å². The average Bonchev–Trinajstić information content (AvgIpc) is 4.19. The number of likely N-dealkylation sites (tertiary alicyclic amines) is 4. The van der Waals surface area contributed by atoms with Crippen molar-refractivity contribution >= 4 is 59.1 Å². The minimum atomic E-state index is -0.985. The number of carbonyl (C=O) groups excluding carboxylic acids is 5. The summed E-state index contributed by atoms with van der Waals surface area (Å²) in [5.74, 6) is 1.15. The van der Waals surface area contributed by atoms with Crippen LogP contribution in [0.2, 0.25) is 0 Å². The molecule has 0 aliphatic carbocycles. The Kier molecular flexibility index (Phi) is 23.6. The molecule has 0 saturated carbocycles. The lowest BCUT2D eigenvalue weighted by Crippen LogP contribution is -2.55. The topological polar surface area (TPSA) is 224 Å². The van der Waals surface area contributed by atoms with Crippen molar-refractivity contribution in [1.82, 2.24) is 40.2 Å². The van der Waals surface area contributed by atoms with E-state index < -0.39 is 24.0 Å². The Morgan fingerprint density at radius 1 is 0.758 bits per heavy atom. The lowest BCUT2D eigenvalue weighted by atomic mass is 9.94. The quantitative estimate of drug-likeness (QED) is 0.0937. The number of ether oxygens (including phenoxy) is 1. The second-order valence-electron chi connectivity index (χ2n) is 18.3. The van der Waals surface area contributed by atoms with Crippen molar-refractivity contribution in [3.8, 4) is 0 Å². The summed E-state index contributed by atoms with van der Waals surface area (Å²) >= 11 is 3.21. The highest BCUT2D eigenvalue weighted by molar-refractivity contribution is 7.98. The van der Waals surface area contributed by atoms with Crippen molar-refractivity contribution in [3.05, 3.63) is 18.2 Å². The van der Waals surface area contributed by atoms with Gasteiger partial charge in [0.15, 0.2) is 0 Å². The van der Waals surface area contributed by atoms with E-state index in [-0.39, 0.29) is 66.2 Å². The van der Waals surface area contributed by atoms with Gasteiger partial charge in [0.2, 0.25) is 23.6 Å². The number of carbonyl (C=O) groups is 6. The first kappa shape index (κ1) is 55.2. The second-order valence-corrected chi connectivity index (χ2v) is 20.3. The number of hydrogen-bond donors (Lipinski definition) is 5. The van der Waals surface area contributed by atoms with Gasteiger partial charge in [-0.1, -0.05) is 53.4 Å². The predicted molar refractivity (Wildman–Crippen MR) is 261 cm³/mol. The molecule has 10 atom stereocenters. The molecule has 0 spiro atoms. The molecule has 1 aromatic heterocycles. The van der Waals surface area contributed by atoms with E-state index in [4.69, 9.17) is 10.5 Å². The number of aromatic nitrogens is 2.